The van der Waals surface area contributed by atoms with Crippen molar-refractivity contribution in [1.82, 2.24) is 25.2 Å². The van der Waals surface area contributed by atoms with E-state index in [9.17, 15) is 13.9 Å². The van der Waals surface area contributed by atoms with Gasteiger partial charge in [0.05, 0.1) is 18.2 Å². The second kappa shape index (κ2) is 12.2. The summed E-state index contributed by atoms with van der Waals surface area (Å²) < 4.78 is 60.8. The van der Waals surface area contributed by atoms with Crippen LogP contribution >= 0.6 is 0 Å². The third kappa shape index (κ3) is 6.43. The average molecular weight is 583 g/mol. The largest absolute Gasteiger partial charge is 0.377 e. The van der Waals surface area contributed by atoms with Crippen LogP contribution in [0.1, 0.15) is 39.1 Å². The maximum Gasteiger partial charge on any atom is 0.323 e. The van der Waals surface area contributed by atoms with E-state index in [1.165, 1.54) is 6.07 Å². The third-order valence-corrected chi connectivity index (χ3v) is 6.85. The van der Waals surface area contributed by atoms with Crippen molar-refractivity contribution < 1.29 is 22.7 Å². The zero-order valence-corrected chi connectivity index (χ0v) is 22.4. The summed E-state index contributed by atoms with van der Waals surface area (Å²) in [6.45, 7) is -0.942. The standard InChI is InChI=1S/C32H22F4N6O/c33-27-14-15-28(29(34)17-27)31(43,20-42-21-39-40-41-42)32(35,36)30-16-13-26(19-38-30)12-9-23-4-1-22(2-5-23)3-6-24-7-10-25(18-37)11-8-24/h1-2,4-5,7-8,10-11,13-17,19,21,43H,3,6,20H2. The summed E-state index contributed by atoms with van der Waals surface area (Å²) in [5.74, 6) is -0.676. The Hall–Kier alpha value is -5.39. The summed E-state index contributed by atoms with van der Waals surface area (Å²) in [5.41, 5.74) is -1.03. The van der Waals surface area contributed by atoms with E-state index < -0.39 is 41.0 Å². The number of hydrogen-bond donors (Lipinski definition) is 1. The van der Waals surface area contributed by atoms with E-state index in [0.717, 1.165) is 59.4 Å². The molecule has 1 atom stereocenters. The minimum atomic E-state index is -4.16. The third-order valence-electron chi connectivity index (χ3n) is 6.85. The number of aliphatic hydroxyl groups is 1. The molecule has 0 saturated carbocycles. The van der Waals surface area contributed by atoms with Crippen molar-refractivity contribution in [1.29, 1.82) is 5.26 Å². The van der Waals surface area contributed by atoms with Crippen LogP contribution in [0.15, 0.2) is 91.4 Å². The predicted molar refractivity (Wildman–Crippen MR) is 147 cm³/mol. The molecule has 0 aliphatic heterocycles. The molecule has 2 heterocycles. The molecular formula is C32H22F4N6O. The molecule has 0 bridgehead atoms. The Morgan fingerprint density at radius 1 is 0.814 bits per heavy atom. The monoisotopic (exact) mass is 582 g/mol. The summed E-state index contributed by atoms with van der Waals surface area (Å²) >= 11 is 0. The number of alkyl halides is 2. The highest BCUT2D eigenvalue weighted by atomic mass is 19.3. The highest BCUT2D eigenvalue weighted by Gasteiger charge is 2.58. The number of nitrogens with zero attached hydrogens (tertiary/aromatic N) is 6. The minimum absolute atomic E-state index is 0.335. The first-order chi connectivity index (χ1) is 20.7. The Labute approximate surface area is 244 Å². The van der Waals surface area contributed by atoms with Gasteiger partial charge in [-0.15, -0.1) is 5.10 Å². The Balaban J connectivity index is 1.31. The van der Waals surface area contributed by atoms with Crippen LogP contribution in [-0.2, 0) is 30.9 Å². The van der Waals surface area contributed by atoms with E-state index in [0.29, 0.717) is 22.8 Å². The first kappa shape index (κ1) is 29.1. The van der Waals surface area contributed by atoms with Crippen LogP contribution in [0.25, 0.3) is 0 Å². The van der Waals surface area contributed by atoms with Gasteiger partial charge >= 0.3 is 5.92 Å². The van der Waals surface area contributed by atoms with E-state index in [1.807, 2.05) is 36.4 Å². The molecule has 1 unspecified atom stereocenters. The number of benzene rings is 3. The number of halogens is 4. The molecule has 43 heavy (non-hydrogen) atoms. The number of hydrogen-bond acceptors (Lipinski definition) is 6. The van der Waals surface area contributed by atoms with Crippen LogP contribution in [0.2, 0.25) is 0 Å². The van der Waals surface area contributed by atoms with Gasteiger partial charge < -0.3 is 5.11 Å². The lowest BCUT2D eigenvalue weighted by atomic mass is 9.84. The van der Waals surface area contributed by atoms with Gasteiger partial charge in [0.1, 0.15) is 23.7 Å². The maximum atomic E-state index is 15.9. The zero-order valence-electron chi connectivity index (χ0n) is 22.4. The van der Waals surface area contributed by atoms with Gasteiger partial charge in [-0.3, -0.25) is 4.98 Å². The average Bonchev–Trinajstić information content (AvgIpc) is 3.52. The molecule has 2 aromatic heterocycles. The molecule has 1 N–H and O–H groups in total. The predicted octanol–water partition coefficient (Wildman–Crippen LogP) is 5.08. The van der Waals surface area contributed by atoms with E-state index in [-0.39, 0.29) is 0 Å². The van der Waals surface area contributed by atoms with Crippen LogP contribution < -0.4 is 0 Å². The first-order valence-corrected chi connectivity index (χ1v) is 13.0. The van der Waals surface area contributed by atoms with Gasteiger partial charge in [0.25, 0.3) is 0 Å². The molecular weight excluding hydrogens is 560 g/mol. The normalized spacial score (nSPS) is 12.6. The van der Waals surface area contributed by atoms with E-state index in [1.54, 1.807) is 12.1 Å². The van der Waals surface area contributed by atoms with Gasteiger partial charge in [-0.2, -0.15) is 14.0 Å². The molecule has 0 aliphatic carbocycles. The number of aryl methyl sites for hydroxylation is 2. The van der Waals surface area contributed by atoms with Crippen molar-refractivity contribution in [3.63, 3.8) is 0 Å². The molecule has 0 saturated heterocycles. The number of tetrazole rings is 1. The lowest BCUT2D eigenvalue weighted by molar-refractivity contribution is -0.207. The van der Waals surface area contributed by atoms with Crippen LogP contribution in [0.3, 0.4) is 0 Å². The molecule has 7 nitrogen and oxygen atoms in total. The fraction of sp³-hybridized carbons (Fsp3) is 0.156. The quantitative estimate of drug-likeness (QED) is 0.202. The molecule has 0 amide bonds. The highest BCUT2D eigenvalue weighted by Crippen LogP contribution is 2.46. The molecule has 0 fully saturated rings. The summed E-state index contributed by atoms with van der Waals surface area (Å²) in [5, 5.41) is 30.4. The molecule has 11 heteroatoms. The van der Waals surface area contributed by atoms with Crippen molar-refractivity contribution >= 4 is 0 Å². The van der Waals surface area contributed by atoms with Gasteiger partial charge in [-0.1, -0.05) is 36.1 Å². The summed E-state index contributed by atoms with van der Waals surface area (Å²) in [6.07, 6.45) is 3.73. The Bertz CT molecular complexity index is 1810. The van der Waals surface area contributed by atoms with Gasteiger partial charge in [0.15, 0.2) is 5.60 Å². The number of rotatable bonds is 8. The van der Waals surface area contributed by atoms with Crippen molar-refractivity contribution in [2.75, 3.05) is 0 Å². The van der Waals surface area contributed by atoms with Gasteiger partial charge in [-0.05, 0) is 82.9 Å². The van der Waals surface area contributed by atoms with Crippen molar-refractivity contribution in [2.24, 2.45) is 0 Å². The van der Waals surface area contributed by atoms with E-state index >= 15 is 8.78 Å². The Morgan fingerprint density at radius 3 is 2.00 bits per heavy atom. The van der Waals surface area contributed by atoms with E-state index in [2.05, 4.69) is 38.4 Å². The second-order valence-electron chi connectivity index (χ2n) is 9.75. The zero-order chi connectivity index (χ0) is 30.5. The van der Waals surface area contributed by atoms with Crippen molar-refractivity contribution in [3.8, 4) is 17.9 Å². The molecule has 0 radical (unpaired) electrons. The number of nitriles is 1. The SMILES string of the molecule is N#Cc1ccc(CCc2ccc(C#Cc3ccc(C(F)(F)C(O)(Cn4cnnn4)c4ccc(F)cc4F)nc3)cc2)cc1. The Kier molecular flexibility index (Phi) is 8.28. The fourth-order valence-corrected chi connectivity index (χ4v) is 4.46. The van der Waals surface area contributed by atoms with Crippen LogP contribution in [0.4, 0.5) is 17.6 Å². The highest BCUT2D eigenvalue weighted by molar-refractivity contribution is 5.43. The second-order valence-corrected chi connectivity index (χ2v) is 9.75. The maximum absolute atomic E-state index is 15.9. The fourth-order valence-electron chi connectivity index (χ4n) is 4.46. The van der Waals surface area contributed by atoms with Crippen molar-refractivity contribution in [2.45, 2.75) is 30.9 Å². The van der Waals surface area contributed by atoms with Crippen LogP contribution in [0.5, 0.6) is 0 Å². The summed E-state index contributed by atoms with van der Waals surface area (Å²) in [4.78, 5) is 3.82. The van der Waals surface area contributed by atoms with Crippen LogP contribution in [-0.4, -0.2) is 30.3 Å². The summed E-state index contributed by atoms with van der Waals surface area (Å²) in [7, 11) is 0. The molecule has 3 aromatic carbocycles. The molecule has 0 spiro atoms. The molecule has 5 rings (SSSR count). The molecule has 214 valence electrons. The summed E-state index contributed by atoms with van der Waals surface area (Å²) in [6, 6.07) is 21.4. The van der Waals surface area contributed by atoms with Gasteiger partial charge in [0, 0.05) is 29.0 Å². The number of pyridine rings is 1. The van der Waals surface area contributed by atoms with Gasteiger partial charge in [0.2, 0.25) is 0 Å². The lowest BCUT2D eigenvalue weighted by Gasteiger charge is -2.35. The van der Waals surface area contributed by atoms with E-state index in [4.69, 9.17) is 5.26 Å². The molecule has 5 aromatic rings. The van der Waals surface area contributed by atoms with Crippen LogP contribution in [0, 0.1) is 34.8 Å². The van der Waals surface area contributed by atoms with Crippen molar-refractivity contribution in [3.05, 3.63) is 142 Å². The minimum Gasteiger partial charge on any atom is -0.377 e. The Morgan fingerprint density at radius 2 is 1.44 bits per heavy atom. The molecule has 0 aliphatic rings. The lowest BCUT2D eigenvalue weighted by Crippen LogP contribution is -2.48. The smallest absolute Gasteiger partial charge is 0.323 e. The first-order valence-electron chi connectivity index (χ1n) is 13.0. The number of aromatic nitrogens is 5. The topological polar surface area (TPSA) is 101 Å². The van der Waals surface area contributed by atoms with Gasteiger partial charge in [-0.25, -0.2) is 13.5 Å².